The van der Waals surface area contributed by atoms with Crippen LogP contribution in [0.5, 0.6) is 5.75 Å². The molecule has 0 aliphatic rings. The third kappa shape index (κ3) is 5.68. The largest absolute Gasteiger partial charge is 0.489 e. The molecule has 0 spiro atoms. The van der Waals surface area contributed by atoms with Crippen molar-refractivity contribution in [3.8, 4) is 11.8 Å². The van der Waals surface area contributed by atoms with Crippen molar-refractivity contribution < 1.29 is 18.7 Å². The number of ether oxygens (including phenoxy) is 2. The Balaban J connectivity index is 2.26. The van der Waals surface area contributed by atoms with Gasteiger partial charge >= 0.3 is 5.97 Å². The molecule has 0 saturated heterocycles. The SMILES string of the molecule is Cc1cc(C)c(COc2ccc(F)cc2)cc1C=C(C#N)C(=O)OC(C)C. The van der Waals surface area contributed by atoms with Crippen LogP contribution in [0.25, 0.3) is 6.08 Å². The van der Waals surface area contributed by atoms with Crippen LogP contribution in [0.2, 0.25) is 0 Å². The van der Waals surface area contributed by atoms with Gasteiger partial charge in [-0.05, 0) is 86.4 Å². The maximum Gasteiger partial charge on any atom is 0.349 e. The lowest BCUT2D eigenvalue weighted by molar-refractivity contribution is -0.142. The average Bonchev–Trinajstić information content (AvgIpc) is 2.61. The minimum Gasteiger partial charge on any atom is -0.489 e. The molecule has 0 aliphatic heterocycles. The summed E-state index contributed by atoms with van der Waals surface area (Å²) in [5.41, 5.74) is 3.56. The maximum absolute atomic E-state index is 13.0. The monoisotopic (exact) mass is 367 g/mol. The Labute approximate surface area is 158 Å². The van der Waals surface area contributed by atoms with E-state index in [1.54, 1.807) is 26.0 Å². The summed E-state index contributed by atoms with van der Waals surface area (Å²) in [4.78, 5) is 12.0. The van der Waals surface area contributed by atoms with E-state index in [1.807, 2.05) is 32.0 Å². The van der Waals surface area contributed by atoms with Crippen LogP contribution in [-0.2, 0) is 16.1 Å². The fourth-order valence-corrected chi connectivity index (χ4v) is 2.49. The summed E-state index contributed by atoms with van der Waals surface area (Å²) < 4.78 is 23.8. The minimum absolute atomic E-state index is 0.0546. The summed E-state index contributed by atoms with van der Waals surface area (Å²) in [6, 6.07) is 11.6. The summed E-state index contributed by atoms with van der Waals surface area (Å²) in [6.07, 6.45) is 1.23. The first-order valence-corrected chi connectivity index (χ1v) is 8.61. The summed E-state index contributed by atoms with van der Waals surface area (Å²) in [5, 5.41) is 9.29. The number of carbonyl (C=O) groups excluding carboxylic acids is 1. The van der Waals surface area contributed by atoms with Gasteiger partial charge in [0.05, 0.1) is 6.10 Å². The Hall–Kier alpha value is -3.13. The van der Waals surface area contributed by atoms with Crippen LogP contribution in [0.4, 0.5) is 4.39 Å². The number of nitriles is 1. The van der Waals surface area contributed by atoms with Crippen LogP contribution < -0.4 is 4.74 Å². The second kappa shape index (κ2) is 9.00. The molecule has 2 aromatic rings. The van der Waals surface area contributed by atoms with Crippen LogP contribution >= 0.6 is 0 Å². The van der Waals surface area contributed by atoms with Gasteiger partial charge in [-0.25, -0.2) is 9.18 Å². The summed E-state index contributed by atoms with van der Waals surface area (Å²) in [5.74, 6) is -0.401. The number of carbonyl (C=O) groups is 1. The number of benzene rings is 2. The Morgan fingerprint density at radius 1 is 1.19 bits per heavy atom. The zero-order valence-corrected chi connectivity index (χ0v) is 15.9. The first kappa shape index (κ1) is 20.2. The predicted molar refractivity (Wildman–Crippen MR) is 101 cm³/mol. The van der Waals surface area contributed by atoms with E-state index in [-0.39, 0.29) is 24.1 Å². The molecule has 0 saturated carbocycles. The molecule has 140 valence electrons. The Morgan fingerprint density at radius 2 is 1.85 bits per heavy atom. The van der Waals surface area contributed by atoms with Gasteiger partial charge in [0.15, 0.2) is 0 Å². The molecule has 5 heteroatoms. The lowest BCUT2D eigenvalue weighted by atomic mass is 9.98. The lowest BCUT2D eigenvalue weighted by Crippen LogP contribution is -2.12. The number of halogens is 1. The lowest BCUT2D eigenvalue weighted by Gasteiger charge is -2.12. The zero-order chi connectivity index (χ0) is 20.0. The normalized spacial score (nSPS) is 11.2. The van der Waals surface area contributed by atoms with E-state index in [4.69, 9.17) is 9.47 Å². The fraction of sp³-hybridized carbons (Fsp3) is 0.273. The van der Waals surface area contributed by atoms with Crippen LogP contribution in [0.3, 0.4) is 0 Å². The van der Waals surface area contributed by atoms with E-state index in [0.29, 0.717) is 5.75 Å². The molecule has 0 heterocycles. The molecule has 0 radical (unpaired) electrons. The second-order valence-electron chi connectivity index (χ2n) is 6.50. The van der Waals surface area contributed by atoms with Gasteiger partial charge in [-0.2, -0.15) is 5.26 Å². The van der Waals surface area contributed by atoms with E-state index in [1.165, 1.54) is 18.2 Å². The van der Waals surface area contributed by atoms with Crippen molar-refractivity contribution in [1.82, 2.24) is 0 Å². The molecule has 2 aromatic carbocycles. The van der Waals surface area contributed by atoms with Gasteiger partial charge in [0, 0.05) is 0 Å². The average molecular weight is 367 g/mol. The van der Waals surface area contributed by atoms with Crippen molar-refractivity contribution in [2.24, 2.45) is 0 Å². The molecule has 0 N–H and O–H groups in total. The third-order valence-corrected chi connectivity index (χ3v) is 3.92. The van der Waals surface area contributed by atoms with E-state index < -0.39 is 5.97 Å². The van der Waals surface area contributed by atoms with Crippen LogP contribution in [-0.4, -0.2) is 12.1 Å². The zero-order valence-electron chi connectivity index (χ0n) is 15.9. The number of hydrogen-bond acceptors (Lipinski definition) is 4. The van der Waals surface area contributed by atoms with Crippen molar-refractivity contribution in [1.29, 1.82) is 5.26 Å². The minimum atomic E-state index is -0.642. The molecular weight excluding hydrogens is 345 g/mol. The van der Waals surface area contributed by atoms with Gasteiger partial charge in [-0.1, -0.05) is 6.07 Å². The highest BCUT2D eigenvalue weighted by atomic mass is 19.1. The van der Waals surface area contributed by atoms with Crippen LogP contribution in [0, 0.1) is 31.0 Å². The number of hydrogen-bond donors (Lipinski definition) is 0. The molecular formula is C22H22FNO3. The van der Waals surface area contributed by atoms with Crippen molar-refractivity contribution in [3.05, 3.63) is 70.0 Å². The highest BCUT2D eigenvalue weighted by Gasteiger charge is 2.14. The molecule has 0 aliphatic carbocycles. The highest BCUT2D eigenvalue weighted by Crippen LogP contribution is 2.21. The van der Waals surface area contributed by atoms with Crippen molar-refractivity contribution in [2.45, 2.75) is 40.4 Å². The Bertz CT molecular complexity index is 893. The van der Waals surface area contributed by atoms with Gasteiger partial charge in [0.25, 0.3) is 0 Å². The van der Waals surface area contributed by atoms with Crippen molar-refractivity contribution in [3.63, 3.8) is 0 Å². The summed E-state index contributed by atoms with van der Waals surface area (Å²) in [7, 11) is 0. The molecule has 0 fully saturated rings. The number of nitrogens with zero attached hydrogens (tertiary/aromatic N) is 1. The fourth-order valence-electron chi connectivity index (χ4n) is 2.49. The van der Waals surface area contributed by atoms with Gasteiger partial charge in [0.2, 0.25) is 0 Å². The van der Waals surface area contributed by atoms with E-state index in [2.05, 4.69) is 0 Å². The van der Waals surface area contributed by atoms with Crippen LogP contribution in [0.15, 0.2) is 42.0 Å². The molecule has 0 atom stereocenters. The third-order valence-electron chi connectivity index (χ3n) is 3.92. The maximum atomic E-state index is 13.0. The van der Waals surface area contributed by atoms with Crippen molar-refractivity contribution in [2.75, 3.05) is 0 Å². The van der Waals surface area contributed by atoms with E-state index >= 15 is 0 Å². The smallest absolute Gasteiger partial charge is 0.349 e. The molecule has 0 amide bonds. The Kier molecular flexibility index (Phi) is 6.73. The summed E-state index contributed by atoms with van der Waals surface area (Å²) in [6.45, 7) is 7.62. The first-order valence-electron chi connectivity index (χ1n) is 8.61. The molecule has 27 heavy (non-hydrogen) atoms. The number of rotatable bonds is 6. The quantitative estimate of drug-likeness (QED) is 0.415. The second-order valence-corrected chi connectivity index (χ2v) is 6.50. The first-order chi connectivity index (χ1) is 12.8. The summed E-state index contributed by atoms with van der Waals surface area (Å²) >= 11 is 0. The predicted octanol–water partition coefficient (Wildman–Crippen LogP) is 4.88. The van der Waals surface area contributed by atoms with Crippen LogP contribution in [0.1, 0.15) is 36.1 Å². The van der Waals surface area contributed by atoms with Gasteiger partial charge in [0.1, 0.15) is 29.8 Å². The molecule has 4 nitrogen and oxygen atoms in total. The highest BCUT2D eigenvalue weighted by molar-refractivity contribution is 5.98. The van der Waals surface area contributed by atoms with E-state index in [0.717, 1.165) is 22.3 Å². The molecule has 0 aromatic heterocycles. The Morgan fingerprint density at radius 3 is 2.44 bits per heavy atom. The number of esters is 1. The topological polar surface area (TPSA) is 59.3 Å². The van der Waals surface area contributed by atoms with Gasteiger partial charge in [-0.3, -0.25) is 0 Å². The standard InChI is InChI=1S/C22H22FNO3/c1-14(2)27-22(25)18(12-24)10-17-11-19(16(4)9-15(17)3)13-26-21-7-5-20(23)6-8-21/h5-11,14H,13H2,1-4H3. The van der Waals surface area contributed by atoms with Gasteiger partial charge < -0.3 is 9.47 Å². The van der Waals surface area contributed by atoms with Gasteiger partial charge in [-0.15, -0.1) is 0 Å². The van der Waals surface area contributed by atoms with Crippen molar-refractivity contribution >= 4 is 12.0 Å². The molecule has 0 unspecified atom stereocenters. The molecule has 0 bridgehead atoms. The van der Waals surface area contributed by atoms with E-state index in [9.17, 15) is 14.4 Å². The number of aryl methyl sites for hydroxylation is 2. The molecule has 2 rings (SSSR count).